The van der Waals surface area contributed by atoms with Gasteiger partial charge < -0.3 is 4.74 Å². The van der Waals surface area contributed by atoms with Crippen molar-refractivity contribution in [2.45, 2.75) is 12.8 Å². The fourth-order valence-electron chi connectivity index (χ4n) is 3.34. The van der Waals surface area contributed by atoms with E-state index >= 15 is 0 Å². The maximum absolute atomic E-state index is 5.61. The van der Waals surface area contributed by atoms with Crippen molar-refractivity contribution in [3.8, 4) is 16.9 Å². The second-order valence-electron chi connectivity index (χ2n) is 5.33. The van der Waals surface area contributed by atoms with Crippen LogP contribution in [0.3, 0.4) is 0 Å². The van der Waals surface area contributed by atoms with Crippen LogP contribution in [0.2, 0.25) is 0 Å². The average molecular weight is 260 g/mol. The molecule has 0 bridgehead atoms. The predicted molar refractivity (Wildman–Crippen MR) is 83.0 cm³/mol. The van der Waals surface area contributed by atoms with Crippen molar-refractivity contribution in [2.75, 3.05) is 7.11 Å². The minimum atomic E-state index is 0.992. The number of allylic oxidation sites excluding steroid dienone is 4. The Bertz CT molecular complexity index is 750. The van der Waals surface area contributed by atoms with Gasteiger partial charge in [-0.25, -0.2) is 0 Å². The van der Waals surface area contributed by atoms with E-state index in [2.05, 4.69) is 54.6 Å². The maximum Gasteiger partial charge on any atom is 0.126 e. The van der Waals surface area contributed by atoms with Gasteiger partial charge in [0, 0.05) is 5.56 Å². The standard InChI is InChI=1S/C19H16O/c1-20-18-11-10-16-15-9-5-4-8-14(15)12-17(16)19(18)13-6-2-3-7-13/h2-6,8-11H,7,12H2,1H3. The normalized spacial score (nSPS) is 14.9. The Balaban J connectivity index is 1.96. The molecule has 0 aliphatic heterocycles. The summed E-state index contributed by atoms with van der Waals surface area (Å²) >= 11 is 0. The van der Waals surface area contributed by atoms with E-state index in [-0.39, 0.29) is 0 Å². The molecule has 0 atom stereocenters. The van der Waals surface area contributed by atoms with E-state index in [0.717, 1.165) is 18.6 Å². The van der Waals surface area contributed by atoms with Crippen molar-refractivity contribution in [3.63, 3.8) is 0 Å². The topological polar surface area (TPSA) is 9.23 Å². The molecule has 0 amide bonds. The molecule has 0 spiro atoms. The first-order chi connectivity index (χ1) is 9.88. The van der Waals surface area contributed by atoms with Crippen molar-refractivity contribution in [3.05, 3.63) is 71.3 Å². The zero-order chi connectivity index (χ0) is 13.5. The molecule has 20 heavy (non-hydrogen) atoms. The van der Waals surface area contributed by atoms with Crippen LogP contribution in [0.4, 0.5) is 0 Å². The smallest absolute Gasteiger partial charge is 0.126 e. The van der Waals surface area contributed by atoms with Gasteiger partial charge in [0.1, 0.15) is 5.75 Å². The summed E-state index contributed by atoms with van der Waals surface area (Å²) in [7, 11) is 1.76. The second-order valence-corrected chi connectivity index (χ2v) is 5.33. The number of methoxy groups -OCH3 is 1. The third kappa shape index (κ3) is 1.56. The van der Waals surface area contributed by atoms with Crippen LogP contribution in [-0.4, -0.2) is 7.11 Å². The highest BCUT2D eigenvalue weighted by Crippen LogP contribution is 2.44. The van der Waals surface area contributed by atoms with Crippen molar-refractivity contribution in [1.82, 2.24) is 0 Å². The molecule has 0 heterocycles. The second kappa shape index (κ2) is 4.38. The minimum absolute atomic E-state index is 0.992. The number of hydrogen-bond acceptors (Lipinski definition) is 1. The molecule has 2 aromatic rings. The molecule has 0 N–H and O–H groups in total. The third-order valence-electron chi connectivity index (χ3n) is 4.26. The molecular weight excluding hydrogens is 244 g/mol. The van der Waals surface area contributed by atoms with Gasteiger partial charge in [-0.2, -0.15) is 0 Å². The molecule has 98 valence electrons. The average Bonchev–Trinajstić information content (AvgIpc) is 3.13. The van der Waals surface area contributed by atoms with Gasteiger partial charge in [-0.3, -0.25) is 0 Å². The van der Waals surface area contributed by atoms with E-state index < -0.39 is 0 Å². The van der Waals surface area contributed by atoms with Gasteiger partial charge in [-0.1, -0.05) is 48.6 Å². The van der Waals surface area contributed by atoms with Crippen molar-refractivity contribution in [2.24, 2.45) is 0 Å². The van der Waals surface area contributed by atoms with Gasteiger partial charge in [0.25, 0.3) is 0 Å². The summed E-state index contributed by atoms with van der Waals surface area (Å²) < 4.78 is 5.61. The largest absolute Gasteiger partial charge is 0.496 e. The third-order valence-corrected chi connectivity index (χ3v) is 4.26. The Kier molecular flexibility index (Phi) is 2.53. The maximum atomic E-state index is 5.61. The van der Waals surface area contributed by atoms with Crippen LogP contribution >= 0.6 is 0 Å². The first kappa shape index (κ1) is 11.5. The highest BCUT2D eigenvalue weighted by Gasteiger charge is 2.24. The van der Waals surface area contributed by atoms with Crippen LogP contribution in [0.15, 0.2) is 54.6 Å². The monoisotopic (exact) mass is 260 g/mol. The van der Waals surface area contributed by atoms with Gasteiger partial charge in [0.2, 0.25) is 0 Å². The van der Waals surface area contributed by atoms with Crippen LogP contribution < -0.4 is 4.74 Å². The quantitative estimate of drug-likeness (QED) is 0.653. The van der Waals surface area contributed by atoms with E-state index in [9.17, 15) is 0 Å². The molecule has 0 fully saturated rings. The van der Waals surface area contributed by atoms with E-state index in [4.69, 9.17) is 4.74 Å². The van der Waals surface area contributed by atoms with Gasteiger partial charge >= 0.3 is 0 Å². The Morgan fingerprint density at radius 3 is 2.70 bits per heavy atom. The molecule has 4 rings (SSSR count). The summed E-state index contributed by atoms with van der Waals surface area (Å²) in [5.74, 6) is 0.992. The van der Waals surface area contributed by atoms with Crippen LogP contribution in [0, 0.1) is 0 Å². The molecule has 0 saturated heterocycles. The Morgan fingerprint density at radius 1 is 1.00 bits per heavy atom. The molecule has 2 aromatic carbocycles. The van der Waals surface area contributed by atoms with Gasteiger partial charge in [0.05, 0.1) is 7.11 Å². The van der Waals surface area contributed by atoms with Crippen LogP contribution in [-0.2, 0) is 6.42 Å². The van der Waals surface area contributed by atoms with Crippen LogP contribution in [0.25, 0.3) is 16.7 Å². The fourth-order valence-corrected chi connectivity index (χ4v) is 3.34. The van der Waals surface area contributed by atoms with E-state index in [1.807, 2.05) is 0 Å². The van der Waals surface area contributed by atoms with Crippen LogP contribution in [0.5, 0.6) is 5.75 Å². The van der Waals surface area contributed by atoms with Crippen molar-refractivity contribution in [1.29, 1.82) is 0 Å². The lowest BCUT2D eigenvalue weighted by Gasteiger charge is -2.14. The lowest BCUT2D eigenvalue weighted by molar-refractivity contribution is 0.413. The molecule has 0 unspecified atom stereocenters. The Hall–Kier alpha value is -2.28. The van der Waals surface area contributed by atoms with Gasteiger partial charge in [-0.15, -0.1) is 0 Å². The number of hydrogen-bond donors (Lipinski definition) is 0. The predicted octanol–water partition coefficient (Wildman–Crippen LogP) is 4.61. The summed E-state index contributed by atoms with van der Waals surface area (Å²) in [4.78, 5) is 0. The summed E-state index contributed by atoms with van der Waals surface area (Å²) in [6.07, 6.45) is 8.56. The number of benzene rings is 2. The lowest BCUT2D eigenvalue weighted by atomic mass is 9.94. The zero-order valence-electron chi connectivity index (χ0n) is 11.5. The summed E-state index contributed by atoms with van der Waals surface area (Å²) in [6.45, 7) is 0. The molecule has 2 aliphatic carbocycles. The molecule has 0 aromatic heterocycles. The Labute approximate surface area is 119 Å². The van der Waals surface area contributed by atoms with E-state index in [1.54, 1.807) is 7.11 Å². The highest BCUT2D eigenvalue weighted by molar-refractivity contribution is 5.87. The van der Waals surface area contributed by atoms with E-state index in [0.29, 0.717) is 0 Å². The lowest BCUT2D eigenvalue weighted by Crippen LogP contribution is -1.96. The SMILES string of the molecule is COc1ccc2c(c1C1=CC=CC1)Cc1ccccc1-2. The zero-order valence-corrected chi connectivity index (χ0v) is 11.5. The molecule has 0 saturated carbocycles. The first-order valence-corrected chi connectivity index (χ1v) is 7.02. The summed E-state index contributed by atoms with van der Waals surface area (Å²) in [5.41, 5.74) is 8.24. The molecule has 1 nitrogen and oxygen atoms in total. The van der Waals surface area contributed by atoms with Crippen LogP contribution in [0.1, 0.15) is 23.1 Å². The molecular formula is C19H16O. The van der Waals surface area contributed by atoms with Crippen molar-refractivity contribution >= 4 is 5.57 Å². The summed E-state index contributed by atoms with van der Waals surface area (Å²) in [5, 5.41) is 0. The Morgan fingerprint density at radius 2 is 1.90 bits per heavy atom. The molecule has 2 aliphatic rings. The fraction of sp³-hybridized carbons (Fsp3) is 0.158. The van der Waals surface area contributed by atoms with Gasteiger partial charge in [-0.05, 0) is 46.7 Å². The first-order valence-electron chi connectivity index (χ1n) is 7.02. The molecule has 1 heteroatoms. The van der Waals surface area contributed by atoms with E-state index in [1.165, 1.54) is 33.4 Å². The highest BCUT2D eigenvalue weighted by atomic mass is 16.5. The number of rotatable bonds is 2. The number of fused-ring (bicyclic) bond motifs is 3. The minimum Gasteiger partial charge on any atom is -0.496 e. The number of ether oxygens (including phenoxy) is 1. The molecule has 0 radical (unpaired) electrons. The van der Waals surface area contributed by atoms with Gasteiger partial charge in [0.15, 0.2) is 0 Å². The summed E-state index contributed by atoms with van der Waals surface area (Å²) in [6, 6.07) is 13.0. The van der Waals surface area contributed by atoms with Crippen molar-refractivity contribution < 1.29 is 4.74 Å².